The van der Waals surface area contributed by atoms with Gasteiger partial charge in [0.25, 0.3) is 0 Å². The van der Waals surface area contributed by atoms with Gasteiger partial charge < -0.3 is 20.1 Å². The Labute approximate surface area is 204 Å². The zero-order valence-electron chi connectivity index (χ0n) is 20.0. The maximum Gasteiger partial charge on any atom is 0.407 e. The van der Waals surface area contributed by atoms with Crippen LogP contribution in [0.1, 0.15) is 41.3 Å². The molecular formula is C25H30N6O4. The number of piperidine rings is 1. The van der Waals surface area contributed by atoms with Gasteiger partial charge in [0.05, 0.1) is 31.5 Å². The number of likely N-dealkylation sites (tertiary alicyclic amines) is 1. The van der Waals surface area contributed by atoms with Gasteiger partial charge in [-0.15, -0.1) is 0 Å². The summed E-state index contributed by atoms with van der Waals surface area (Å²) in [5, 5.41) is 16.8. The maximum absolute atomic E-state index is 11.7. The first-order chi connectivity index (χ1) is 16.9. The number of amides is 1. The molecule has 0 bridgehead atoms. The van der Waals surface area contributed by atoms with Gasteiger partial charge in [-0.25, -0.2) is 14.8 Å². The molecule has 2 N–H and O–H groups in total. The van der Waals surface area contributed by atoms with Crippen LogP contribution in [0.5, 0.6) is 0 Å². The Kier molecular flexibility index (Phi) is 7.59. The summed E-state index contributed by atoms with van der Waals surface area (Å²) in [5.74, 6) is 0.240. The van der Waals surface area contributed by atoms with E-state index in [1.807, 2.05) is 42.1 Å². The fourth-order valence-corrected chi connectivity index (χ4v) is 4.30. The molecule has 0 atom stereocenters. The minimum atomic E-state index is -0.870. The van der Waals surface area contributed by atoms with Crippen LogP contribution < -0.4 is 5.32 Å². The molecule has 35 heavy (non-hydrogen) atoms. The highest BCUT2D eigenvalue weighted by Gasteiger charge is 2.24. The molecule has 184 valence electrons. The van der Waals surface area contributed by atoms with Crippen LogP contribution in [0.2, 0.25) is 0 Å². The Morgan fingerprint density at radius 2 is 1.89 bits per heavy atom. The van der Waals surface area contributed by atoms with Gasteiger partial charge in [-0.3, -0.25) is 9.48 Å². The second-order valence-corrected chi connectivity index (χ2v) is 8.68. The third kappa shape index (κ3) is 6.14. The van der Waals surface area contributed by atoms with Crippen molar-refractivity contribution in [3.63, 3.8) is 0 Å². The number of carbonyl (C=O) groups is 2. The number of rotatable bonds is 8. The summed E-state index contributed by atoms with van der Waals surface area (Å²) in [7, 11) is 1.40. The number of hydrogen-bond donors (Lipinski definition) is 2. The highest BCUT2D eigenvalue weighted by atomic mass is 16.5. The van der Waals surface area contributed by atoms with Crippen LogP contribution in [0.4, 0.5) is 16.4 Å². The van der Waals surface area contributed by atoms with Crippen molar-refractivity contribution in [3.8, 4) is 0 Å². The van der Waals surface area contributed by atoms with Crippen molar-refractivity contribution in [2.24, 2.45) is 0 Å². The standard InChI is InChI=1S/C25H30N6O4/c1-17-14-26-24(28-20-15-27-31(16-20)21-9-11-30(12-10-21)25(33)34)29-22(17)8-7-18-5-3-4-6-19(18)13-23(32)35-2/h3-6,14-16,21H,7-13H2,1-2H3,(H,33,34)(H,26,28,29). The van der Waals surface area contributed by atoms with Crippen LogP contribution >= 0.6 is 0 Å². The van der Waals surface area contributed by atoms with Crippen LogP contribution in [-0.2, 0) is 28.8 Å². The Bertz CT molecular complexity index is 1190. The maximum atomic E-state index is 11.7. The zero-order valence-corrected chi connectivity index (χ0v) is 20.0. The number of nitrogens with one attached hydrogen (secondary N) is 1. The largest absolute Gasteiger partial charge is 0.469 e. The second-order valence-electron chi connectivity index (χ2n) is 8.68. The van der Waals surface area contributed by atoms with Gasteiger partial charge in [-0.05, 0) is 49.3 Å². The lowest BCUT2D eigenvalue weighted by molar-refractivity contribution is -0.139. The van der Waals surface area contributed by atoms with Crippen molar-refractivity contribution in [2.45, 2.75) is 45.1 Å². The number of esters is 1. The summed E-state index contributed by atoms with van der Waals surface area (Å²) in [6.07, 6.45) is 7.75. The summed E-state index contributed by atoms with van der Waals surface area (Å²) in [5.41, 5.74) is 4.78. The number of methoxy groups -OCH3 is 1. The normalized spacial score (nSPS) is 14.1. The number of benzene rings is 1. The van der Waals surface area contributed by atoms with E-state index in [-0.39, 0.29) is 18.4 Å². The van der Waals surface area contributed by atoms with Crippen molar-refractivity contribution in [1.82, 2.24) is 24.6 Å². The SMILES string of the molecule is COC(=O)Cc1ccccc1CCc1nc(Nc2cnn(C3CCN(C(=O)O)CC3)c2)ncc1C. The van der Waals surface area contributed by atoms with E-state index in [1.165, 1.54) is 12.0 Å². The molecule has 0 spiro atoms. The molecular weight excluding hydrogens is 448 g/mol. The van der Waals surface area contributed by atoms with E-state index in [9.17, 15) is 9.59 Å². The number of carboxylic acid groups (broad SMARTS) is 1. The van der Waals surface area contributed by atoms with Gasteiger partial charge in [0, 0.05) is 31.2 Å². The number of carbonyl (C=O) groups excluding carboxylic acids is 1. The molecule has 10 heteroatoms. The van der Waals surface area contributed by atoms with E-state index in [0.717, 1.165) is 47.3 Å². The summed E-state index contributed by atoms with van der Waals surface area (Å²) in [6.45, 7) is 3.01. The van der Waals surface area contributed by atoms with E-state index in [2.05, 4.69) is 15.4 Å². The minimum Gasteiger partial charge on any atom is -0.469 e. The lowest BCUT2D eigenvalue weighted by atomic mass is 9.99. The van der Waals surface area contributed by atoms with Gasteiger partial charge in [0.1, 0.15) is 0 Å². The van der Waals surface area contributed by atoms with Crippen molar-refractivity contribution in [3.05, 3.63) is 65.2 Å². The Morgan fingerprint density at radius 1 is 1.14 bits per heavy atom. The average Bonchev–Trinajstić information content (AvgIpc) is 3.33. The van der Waals surface area contributed by atoms with Gasteiger partial charge in [-0.1, -0.05) is 24.3 Å². The highest BCUT2D eigenvalue weighted by molar-refractivity contribution is 5.72. The van der Waals surface area contributed by atoms with Crippen LogP contribution in [0.25, 0.3) is 0 Å². The summed E-state index contributed by atoms with van der Waals surface area (Å²) in [4.78, 5) is 33.4. The number of hydrogen-bond acceptors (Lipinski definition) is 7. The van der Waals surface area contributed by atoms with Crippen molar-refractivity contribution in [1.29, 1.82) is 0 Å². The van der Waals surface area contributed by atoms with Gasteiger partial charge in [0.15, 0.2) is 0 Å². The minimum absolute atomic E-state index is 0.167. The molecule has 0 saturated carbocycles. The van der Waals surface area contributed by atoms with Crippen LogP contribution in [0, 0.1) is 6.92 Å². The van der Waals surface area contributed by atoms with Crippen LogP contribution in [0.3, 0.4) is 0 Å². The molecule has 1 aliphatic rings. The summed E-state index contributed by atoms with van der Waals surface area (Å²) >= 11 is 0. The molecule has 0 unspecified atom stereocenters. The second kappa shape index (κ2) is 11.0. The lowest BCUT2D eigenvalue weighted by Gasteiger charge is -2.29. The van der Waals surface area contributed by atoms with Gasteiger partial charge >= 0.3 is 12.1 Å². The van der Waals surface area contributed by atoms with E-state index in [4.69, 9.17) is 14.8 Å². The third-order valence-electron chi connectivity index (χ3n) is 6.36. The van der Waals surface area contributed by atoms with Gasteiger partial charge in [0.2, 0.25) is 5.95 Å². The Balaban J connectivity index is 1.39. The third-order valence-corrected chi connectivity index (χ3v) is 6.36. The molecule has 0 aliphatic carbocycles. The Morgan fingerprint density at radius 3 is 2.60 bits per heavy atom. The first-order valence-electron chi connectivity index (χ1n) is 11.7. The van der Waals surface area contributed by atoms with Crippen molar-refractivity contribution in [2.75, 3.05) is 25.5 Å². The molecule has 1 fully saturated rings. The molecule has 2 aromatic heterocycles. The molecule has 10 nitrogen and oxygen atoms in total. The van der Waals surface area contributed by atoms with Crippen molar-refractivity contribution < 1.29 is 19.4 Å². The molecule has 0 radical (unpaired) electrons. The lowest BCUT2D eigenvalue weighted by Crippen LogP contribution is -2.38. The summed E-state index contributed by atoms with van der Waals surface area (Å²) in [6, 6.07) is 8.05. The topological polar surface area (TPSA) is 122 Å². The zero-order chi connectivity index (χ0) is 24.8. The van der Waals surface area contributed by atoms with Crippen molar-refractivity contribution >= 4 is 23.7 Å². The molecule has 1 aliphatic heterocycles. The van der Waals surface area contributed by atoms with E-state index < -0.39 is 6.09 Å². The predicted molar refractivity (Wildman–Crippen MR) is 130 cm³/mol. The Hall–Kier alpha value is -3.95. The molecule has 3 aromatic rings. The van der Waals surface area contributed by atoms with Crippen LogP contribution in [-0.4, -0.2) is 62.0 Å². The summed E-state index contributed by atoms with van der Waals surface area (Å²) < 4.78 is 6.70. The fraction of sp³-hybridized carbons (Fsp3) is 0.400. The monoisotopic (exact) mass is 478 g/mol. The first kappa shape index (κ1) is 24.2. The molecule has 4 rings (SSSR count). The van der Waals surface area contributed by atoms with E-state index in [1.54, 1.807) is 12.4 Å². The predicted octanol–water partition coefficient (Wildman–Crippen LogP) is 3.54. The van der Waals surface area contributed by atoms with Gasteiger partial charge in [-0.2, -0.15) is 5.10 Å². The number of aromatic nitrogens is 4. The van der Waals surface area contributed by atoms with Crippen LogP contribution in [0.15, 0.2) is 42.9 Å². The molecule has 3 heterocycles. The molecule has 1 aromatic carbocycles. The molecule has 1 amide bonds. The fourth-order valence-electron chi connectivity index (χ4n) is 4.30. The highest BCUT2D eigenvalue weighted by Crippen LogP contribution is 2.24. The number of aryl methyl sites for hydroxylation is 3. The van der Waals surface area contributed by atoms with E-state index in [0.29, 0.717) is 25.5 Å². The molecule has 1 saturated heterocycles. The average molecular weight is 479 g/mol. The van der Waals surface area contributed by atoms with E-state index >= 15 is 0 Å². The first-order valence-corrected chi connectivity index (χ1v) is 11.7. The number of nitrogens with zero attached hydrogens (tertiary/aromatic N) is 5. The quantitative estimate of drug-likeness (QED) is 0.472. The number of anilines is 2. The number of ether oxygens (including phenoxy) is 1. The smallest absolute Gasteiger partial charge is 0.407 e.